The van der Waals surface area contributed by atoms with Gasteiger partial charge in [0.2, 0.25) is 0 Å². The zero-order chi connectivity index (χ0) is 14.5. The normalized spacial score (nSPS) is 21.4. The van der Waals surface area contributed by atoms with E-state index < -0.39 is 6.10 Å². The third kappa shape index (κ3) is 2.91. The molecule has 4 nitrogen and oxygen atoms in total. The lowest BCUT2D eigenvalue weighted by molar-refractivity contribution is 0.00398. The summed E-state index contributed by atoms with van der Waals surface area (Å²) in [4.78, 5) is 2.30. The summed E-state index contributed by atoms with van der Waals surface area (Å²) in [6.45, 7) is 6.74. The Morgan fingerprint density at radius 2 is 2.20 bits per heavy atom. The molecule has 0 spiro atoms. The predicted octanol–water partition coefficient (Wildman–Crippen LogP) is 2.61. The second-order valence-corrected chi connectivity index (χ2v) is 5.18. The highest BCUT2D eigenvalue weighted by Gasteiger charge is 2.34. The van der Waals surface area contributed by atoms with Crippen LogP contribution in [0.2, 0.25) is 0 Å². The summed E-state index contributed by atoms with van der Waals surface area (Å²) in [6.07, 6.45) is 1.78. The quantitative estimate of drug-likeness (QED) is 0.869. The molecule has 0 bridgehead atoms. The van der Waals surface area contributed by atoms with Crippen LogP contribution in [0.3, 0.4) is 0 Å². The van der Waals surface area contributed by atoms with E-state index in [2.05, 4.69) is 18.7 Å². The van der Waals surface area contributed by atoms with Crippen molar-refractivity contribution in [3.63, 3.8) is 0 Å². The highest BCUT2D eigenvalue weighted by molar-refractivity contribution is 5.49. The van der Waals surface area contributed by atoms with Crippen LogP contribution in [0.25, 0.3) is 0 Å². The van der Waals surface area contributed by atoms with Crippen molar-refractivity contribution in [2.45, 2.75) is 38.8 Å². The van der Waals surface area contributed by atoms with E-state index in [-0.39, 0.29) is 6.04 Å². The molecule has 0 fully saturated rings. The molecular formula is C16H25NO3. The Hall–Kier alpha value is -1.26. The van der Waals surface area contributed by atoms with Crippen molar-refractivity contribution >= 4 is 0 Å². The van der Waals surface area contributed by atoms with Crippen molar-refractivity contribution in [2.75, 3.05) is 26.8 Å². The van der Waals surface area contributed by atoms with E-state index in [4.69, 9.17) is 9.47 Å². The molecule has 20 heavy (non-hydrogen) atoms. The summed E-state index contributed by atoms with van der Waals surface area (Å²) in [6, 6.07) is 5.70. The lowest BCUT2D eigenvalue weighted by Crippen LogP contribution is -2.46. The minimum Gasteiger partial charge on any atom is -0.493 e. The molecule has 0 saturated carbocycles. The van der Waals surface area contributed by atoms with Crippen LogP contribution in [0.15, 0.2) is 18.2 Å². The summed E-state index contributed by atoms with van der Waals surface area (Å²) in [5, 5.41) is 10.7. The molecule has 0 radical (unpaired) electrons. The number of aliphatic hydroxyl groups excluding tert-OH is 1. The van der Waals surface area contributed by atoms with Crippen molar-refractivity contribution in [1.29, 1.82) is 0 Å². The van der Waals surface area contributed by atoms with E-state index >= 15 is 0 Å². The summed E-state index contributed by atoms with van der Waals surface area (Å²) >= 11 is 0. The van der Waals surface area contributed by atoms with Gasteiger partial charge in [-0.1, -0.05) is 32.4 Å². The van der Waals surface area contributed by atoms with Crippen LogP contribution < -0.4 is 9.47 Å². The highest BCUT2D eigenvalue weighted by atomic mass is 16.5. The van der Waals surface area contributed by atoms with Crippen molar-refractivity contribution in [3.8, 4) is 11.5 Å². The standard InChI is InChI=1S/C16H25NO3/c1-4-6-10-17(5-2)13-11-20-16-12(15(13)18)8-7-9-14(16)19-3/h7-9,13,15,18H,4-6,10-11H2,1-3H3. The largest absolute Gasteiger partial charge is 0.493 e. The first-order chi connectivity index (χ1) is 9.72. The fraction of sp³-hybridized carbons (Fsp3) is 0.625. The molecule has 2 atom stereocenters. The smallest absolute Gasteiger partial charge is 0.167 e. The molecule has 1 aromatic rings. The Morgan fingerprint density at radius 3 is 2.85 bits per heavy atom. The average molecular weight is 279 g/mol. The third-order valence-electron chi connectivity index (χ3n) is 3.98. The van der Waals surface area contributed by atoms with Gasteiger partial charge in [-0.05, 0) is 25.6 Å². The number of fused-ring (bicyclic) bond motifs is 1. The molecule has 1 N–H and O–H groups in total. The maximum absolute atomic E-state index is 10.7. The molecule has 2 unspecified atom stereocenters. The van der Waals surface area contributed by atoms with Crippen LogP contribution in [0.4, 0.5) is 0 Å². The van der Waals surface area contributed by atoms with Crippen LogP contribution in [0, 0.1) is 0 Å². The van der Waals surface area contributed by atoms with E-state index in [0.717, 1.165) is 31.5 Å². The fourth-order valence-electron chi connectivity index (χ4n) is 2.77. The molecular weight excluding hydrogens is 254 g/mol. The van der Waals surface area contributed by atoms with Crippen LogP contribution >= 0.6 is 0 Å². The number of para-hydroxylation sites is 1. The van der Waals surface area contributed by atoms with Crippen molar-refractivity contribution < 1.29 is 14.6 Å². The van der Waals surface area contributed by atoms with Crippen LogP contribution in [0.5, 0.6) is 11.5 Å². The Bertz CT molecular complexity index is 436. The minimum atomic E-state index is -0.523. The van der Waals surface area contributed by atoms with Crippen molar-refractivity contribution in [2.24, 2.45) is 0 Å². The molecule has 1 aromatic carbocycles. The Balaban J connectivity index is 2.20. The van der Waals surface area contributed by atoms with Gasteiger partial charge in [-0.2, -0.15) is 0 Å². The maximum atomic E-state index is 10.7. The number of hydrogen-bond acceptors (Lipinski definition) is 4. The number of hydrogen-bond donors (Lipinski definition) is 1. The molecule has 0 amide bonds. The number of rotatable bonds is 6. The summed E-state index contributed by atoms with van der Waals surface area (Å²) < 4.78 is 11.2. The van der Waals surface area contributed by atoms with Gasteiger partial charge in [0.05, 0.1) is 13.2 Å². The zero-order valence-electron chi connectivity index (χ0n) is 12.6. The predicted molar refractivity (Wildman–Crippen MR) is 79.4 cm³/mol. The fourth-order valence-corrected chi connectivity index (χ4v) is 2.77. The molecule has 1 heterocycles. The molecule has 2 rings (SSSR count). The third-order valence-corrected chi connectivity index (χ3v) is 3.98. The van der Waals surface area contributed by atoms with E-state index in [1.54, 1.807) is 7.11 Å². The van der Waals surface area contributed by atoms with E-state index in [0.29, 0.717) is 18.1 Å². The molecule has 1 aliphatic rings. The average Bonchev–Trinajstić information content (AvgIpc) is 2.49. The van der Waals surface area contributed by atoms with Crippen LogP contribution in [-0.2, 0) is 0 Å². The number of methoxy groups -OCH3 is 1. The highest BCUT2D eigenvalue weighted by Crippen LogP contribution is 2.40. The number of benzene rings is 1. The number of aliphatic hydroxyl groups is 1. The lowest BCUT2D eigenvalue weighted by atomic mass is 9.97. The van der Waals surface area contributed by atoms with Gasteiger partial charge in [0.1, 0.15) is 12.7 Å². The topological polar surface area (TPSA) is 41.9 Å². The summed E-state index contributed by atoms with van der Waals surface area (Å²) in [5.41, 5.74) is 0.829. The zero-order valence-corrected chi connectivity index (χ0v) is 12.6. The van der Waals surface area contributed by atoms with E-state index in [9.17, 15) is 5.11 Å². The summed E-state index contributed by atoms with van der Waals surface area (Å²) in [7, 11) is 1.62. The van der Waals surface area contributed by atoms with Gasteiger partial charge in [0, 0.05) is 5.56 Å². The van der Waals surface area contributed by atoms with Crippen LogP contribution in [0.1, 0.15) is 38.4 Å². The van der Waals surface area contributed by atoms with Gasteiger partial charge in [0.25, 0.3) is 0 Å². The van der Waals surface area contributed by atoms with Crippen molar-refractivity contribution in [3.05, 3.63) is 23.8 Å². The second-order valence-electron chi connectivity index (χ2n) is 5.18. The number of ether oxygens (including phenoxy) is 2. The Labute approximate surface area is 121 Å². The molecule has 1 aliphatic heterocycles. The van der Waals surface area contributed by atoms with Gasteiger partial charge in [-0.15, -0.1) is 0 Å². The first kappa shape index (κ1) is 15.1. The van der Waals surface area contributed by atoms with Gasteiger partial charge in [-0.3, -0.25) is 4.90 Å². The van der Waals surface area contributed by atoms with E-state index in [1.165, 1.54) is 0 Å². The minimum absolute atomic E-state index is 0.0196. The van der Waals surface area contributed by atoms with Gasteiger partial charge in [-0.25, -0.2) is 0 Å². The number of nitrogens with zero attached hydrogens (tertiary/aromatic N) is 1. The number of unbranched alkanes of at least 4 members (excludes halogenated alkanes) is 1. The number of likely N-dealkylation sites (N-methyl/N-ethyl adjacent to an activating group) is 1. The molecule has 4 heteroatoms. The maximum Gasteiger partial charge on any atom is 0.167 e. The van der Waals surface area contributed by atoms with Gasteiger partial charge in [0.15, 0.2) is 11.5 Å². The lowest BCUT2D eigenvalue weighted by Gasteiger charge is -2.38. The first-order valence-corrected chi connectivity index (χ1v) is 7.44. The molecule has 0 aromatic heterocycles. The van der Waals surface area contributed by atoms with Crippen molar-refractivity contribution in [1.82, 2.24) is 4.90 Å². The molecule has 0 aliphatic carbocycles. The summed E-state index contributed by atoms with van der Waals surface area (Å²) in [5.74, 6) is 1.38. The van der Waals surface area contributed by atoms with Gasteiger partial charge >= 0.3 is 0 Å². The Morgan fingerprint density at radius 1 is 1.40 bits per heavy atom. The first-order valence-electron chi connectivity index (χ1n) is 7.44. The van der Waals surface area contributed by atoms with E-state index in [1.807, 2.05) is 18.2 Å². The monoisotopic (exact) mass is 279 g/mol. The molecule has 0 saturated heterocycles. The van der Waals surface area contributed by atoms with Crippen LogP contribution in [-0.4, -0.2) is 42.9 Å². The van der Waals surface area contributed by atoms with Gasteiger partial charge < -0.3 is 14.6 Å². The second kappa shape index (κ2) is 6.95. The SMILES string of the molecule is CCCCN(CC)C1COc2c(OC)cccc2C1O. The Kier molecular flexibility index (Phi) is 5.26. The molecule has 112 valence electrons.